The SMILES string of the molecule is CC.OCC1C2CCC(O2)C1CO. The van der Waals surface area contributed by atoms with Crippen molar-refractivity contribution in [2.45, 2.75) is 38.9 Å². The Kier molecular flexibility index (Phi) is 4.16. The van der Waals surface area contributed by atoms with Gasteiger partial charge in [-0.15, -0.1) is 0 Å². The Labute approximate surface area is 79.7 Å². The maximum Gasteiger partial charge on any atom is 0.0634 e. The van der Waals surface area contributed by atoms with Crippen molar-refractivity contribution < 1.29 is 14.9 Å². The molecule has 0 spiro atoms. The van der Waals surface area contributed by atoms with Crippen LogP contribution < -0.4 is 0 Å². The van der Waals surface area contributed by atoms with E-state index in [4.69, 9.17) is 14.9 Å². The highest BCUT2D eigenvalue weighted by Gasteiger charge is 2.47. The smallest absolute Gasteiger partial charge is 0.0634 e. The Hall–Kier alpha value is -0.120. The van der Waals surface area contributed by atoms with E-state index in [1.807, 2.05) is 13.8 Å². The third-order valence-electron chi connectivity index (χ3n) is 3.01. The van der Waals surface area contributed by atoms with Crippen LogP contribution in [0.2, 0.25) is 0 Å². The van der Waals surface area contributed by atoms with Crippen molar-refractivity contribution in [3.05, 3.63) is 0 Å². The molecule has 0 aromatic rings. The molecule has 4 unspecified atom stereocenters. The van der Waals surface area contributed by atoms with Crippen LogP contribution in [0.5, 0.6) is 0 Å². The number of aliphatic hydroxyl groups excluding tert-OH is 2. The van der Waals surface area contributed by atoms with Crippen LogP contribution in [0.25, 0.3) is 0 Å². The molecule has 2 saturated heterocycles. The maximum absolute atomic E-state index is 9.00. The van der Waals surface area contributed by atoms with Crippen LogP contribution >= 0.6 is 0 Å². The fourth-order valence-electron chi connectivity index (χ4n) is 2.38. The lowest BCUT2D eigenvalue weighted by Crippen LogP contribution is -2.32. The highest BCUT2D eigenvalue weighted by atomic mass is 16.5. The van der Waals surface area contributed by atoms with Crippen LogP contribution in [-0.2, 0) is 4.74 Å². The molecule has 0 aromatic heterocycles. The molecule has 2 heterocycles. The zero-order valence-corrected chi connectivity index (χ0v) is 8.44. The first-order chi connectivity index (χ1) is 6.36. The summed E-state index contributed by atoms with van der Waals surface area (Å²) < 4.78 is 5.56. The molecule has 2 aliphatic heterocycles. The topological polar surface area (TPSA) is 49.7 Å². The van der Waals surface area contributed by atoms with E-state index in [-0.39, 0.29) is 37.3 Å². The molecule has 4 atom stereocenters. The molecule has 0 aliphatic carbocycles. The number of hydrogen-bond donors (Lipinski definition) is 2. The standard InChI is InChI=1S/C8H14O3.C2H6/c9-3-5-6(4-10)8-2-1-7(5)11-8;1-2/h5-10H,1-4H2;1-2H3. The molecule has 2 aliphatic rings. The van der Waals surface area contributed by atoms with Crippen molar-refractivity contribution >= 4 is 0 Å². The Morgan fingerprint density at radius 2 is 1.38 bits per heavy atom. The van der Waals surface area contributed by atoms with Gasteiger partial charge in [0.05, 0.1) is 12.2 Å². The average Bonchev–Trinajstić information content (AvgIpc) is 2.79. The molecule has 2 fully saturated rings. The van der Waals surface area contributed by atoms with Gasteiger partial charge in [-0.25, -0.2) is 0 Å². The van der Waals surface area contributed by atoms with Crippen LogP contribution in [0, 0.1) is 11.8 Å². The van der Waals surface area contributed by atoms with E-state index in [1.54, 1.807) is 0 Å². The molecule has 2 rings (SSSR count). The second kappa shape index (κ2) is 4.94. The molecule has 2 bridgehead atoms. The maximum atomic E-state index is 9.00. The fourth-order valence-corrected chi connectivity index (χ4v) is 2.38. The second-order valence-corrected chi connectivity index (χ2v) is 3.48. The Morgan fingerprint density at radius 1 is 1.00 bits per heavy atom. The van der Waals surface area contributed by atoms with Gasteiger partial charge in [-0.2, -0.15) is 0 Å². The summed E-state index contributed by atoms with van der Waals surface area (Å²) in [6, 6.07) is 0. The molecule has 0 amide bonds. The van der Waals surface area contributed by atoms with Gasteiger partial charge in [0.15, 0.2) is 0 Å². The number of fused-ring (bicyclic) bond motifs is 2. The van der Waals surface area contributed by atoms with Crippen LogP contribution in [0.4, 0.5) is 0 Å². The predicted molar refractivity (Wildman–Crippen MR) is 50.4 cm³/mol. The van der Waals surface area contributed by atoms with Crippen LogP contribution in [-0.4, -0.2) is 35.6 Å². The summed E-state index contributed by atoms with van der Waals surface area (Å²) in [6.45, 7) is 4.32. The fraction of sp³-hybridized carbons (Fsp3) is 1.00. The number of hydrogen-bond acceptors (Lipinski definition) is 3. The normalized spacial score (nSPS) is 41.5. The van der Waals surface area contributed by atoms with E-state index >= 15 is 0 Å². The lowest BCUT2D eigenvalue weighted by molar-refractivity contribution is 0.0764. The van der Waals surface area contributed by atoms with Gasteiger partial charge in [0, 0.05) is 25.0 Å². The van der Waals surface area contributed by atoms with Crippen LogP contribution in [0.15, 0.2) is 0 Å². The van der Waals surface area contributed by atoms with E-state index in [0.717, 1.165) is 12.8 Å². The number of rotatable bonds is 2. The Morgan fingerprint density at radius 3 is 1.69 bits per heavy atom. The number of ether oxygens (including phenoxy) is 1. The van der Waals surface area contributed by atoms with Crippen molar-refractivity contribution in [3.8, 4) is 0 Å². The summed E-state index contributed by atoms with van der Waals surface area (Å²) in [5.41, 5.74) is 0. The van der Waals surface area contributed by atoms with Crippen molar-refractivity contribution in [3.63, 3.8) is 0 Å². The molecule has 3 nitrogen and oxygen atoms in total. The Balaban J connectivity index is 0.000000396. The molecule has 3 heteroatoms. The molecule has 0 aromatic carbocycles. The largest absolute Gasteiger partial charge is 0.396 e. The molecule has 0 radical (unpaired) electrons. The molecule has 78 valence electrons. The van der Waals surface area contributed by atoms with Gasteiger partial charge in [-0.1, -0.05) is 13.8 Å². The average molecular weight is 188 g/mol. The second-order valence-electron chi connectivity index (χ2n) is 3.48. The number of aliphatic hydroxyl groups is 2. The van der Waals surface area contributed by atoms with Gasteiger partial charge in [-0.05, 0) is 12.8 Å². The van der Waals surface area contributed by atoms with E-state index < -0.39 is 0 Å². The van der Waals surface area contributed by atoms with Gasteiger partial charge in [0.2, 0.25) is 0 Å². The van der Waals surface area contributed by atoms with Crippen molar-refractivity contribution in [2.75, 3.05) is 13.2 Å². The minimum Gasteiger partial charge on any atom is -0.396 e. The zero-order chi connectivity index (χ0) is 9.84. The van der Waals surface area contributed by atoms with E-state index in [9.17, 15) is 0 Å². The minimum absolute atomic E-state index is 0.159. The molecule has 13 heavy (non-hydrogen) atoms. The van der Waals surface area contributed by atoms with Gasteiger partial charge >= 0.3 is 0 Å². The van der Waals surface area contributed by atoms with Crippen molar-refractivity contribution in [2.24, 2.45) is 11.8 Å². The first-order valence-electron chi connectivity index (χ1n) is 5.24. The first-order valence-corrected chi connectivity index (χ1v) is 5.24. The lowest BCUT2D eigenvalue weighted by Gasteiger charge is -2.24. The van der Waals surface area contributed by atoms with Gasteiger partial charge in [-0.3, -0.25) is 0 Å². The van der Waals surface area contributed by atoms with Gasteiger partial charge in [0.1, 0.15) is 0 Å². The van der Waals surface area contributed by atoms with Crippen LogP contribution in [0.1, 0.15) is 26.7 Å². The minimum atomic E-state index is 0.159. The summed E-state index contributed by atoms with van der Waals surface area (Å²) in [7, 11) is 0. The highest BCUT2D eigenvalue weighted by Crippen LogP contribution is 2.42. The monoisotopic (exact) mass is 188 g/mol. The Bertz CT molecular complexity index is 133. The quantitative estimate of drug-likeness (QED) is 0.673. The molecule has 0 saturated carbocycles. The summed E-state index contributed by atoms with van der Waals surface area (Å²) in [5, 5.41) is 18.0. The lowest BCUT2D eigenvalue weighted by atomic mass is 9.80. The van der Waals surface area contributed by atoms with E-state index in [2.05, 4.69) is 0 Å². The predicted octanol–water partition coefficient (Wildman–Crippen LogP) is 0.791. The third-order valence-corrected chi connectivity index (χ3v) is 3.01. The summed E-state index contributed by atoms with van der Waals surface area (Å²) in [4.78, 5) is 0. The van der Waals surface area contributed by atoms with Gasteiger partial charge in [0.25, 0.3) is 0 Å². The first kappa shape index (κ1) is 11.0. The highest BCUT2D eigenvalue weighted by molar-refractivity contribution is 4.95. The van der Waals surface area contributed by atoms with Crippen LogP contribution in [0.3, 0.4) is 0 Å². The van der Waals surface area contributed by atoms with Crippen molar-refractivity contribution in [1.82, 2.24) is 0 Å². The molecule has 2 N–H and O–H groups in total. The summed E-state index contributed by atoms with van der Waals surface area (Å²) in [6.07, 6.45) is 2.57. The van der Waals surface area contributed by atoms with Crippen molar-refractivity contribution in [1.29, 1.82) is 0 Å². The summed E-state index contributed by atoms with van der Waals surface area (Å²) >= 11 is 0. The van der Waals surface area contributed by atoms with E-state index in [1.165, 1.54) is 0 Å². The van der Waals surface area contributed by atoms with E-state index in [0.29, 0.717) is 0 Å². The third kappa shape index (κ3) is 1.87. The zero-order valence-electron chi connectivity index (χ0n) is 8.44. The molecular weight excluding hydrogens is 168 g/mol. The summed E-state index contributed by atoms with van der Waals surface area (Å²) in [5.74, 6) is 0.387. The van der Waals surface area contributed by atoms with Gasteiger partial charge < -0.3 is 14.9 Å². The molecular formula is C10H20O3.